The maximum Gasteiger partial charge on any atom is 0.236 e. The van der Waals surface area contributed by atoms with Crippen molar-refractivity contribution in [3.05, 3.63) is 23.8 Å². The average Bonchev–Trinajstić information content (AvgIpc) is 3.11. The van der Waals surface area contributed by atoms with E-state index in [0.717, 1.165) is 50.5 Å². The molecule has 0 unspecified atom stereocenters. The average molecular weight is 332 g/mol. The largest absolute Gasteiger partial charge is 0.454 e. The second kappa shape index (κ2) is 6.99. The van der Waals surface area contributed by atoms with E-state index < -0.39 is 0 Å². The fourth-order valence-electron chi connectivity index (χ4n) is 3.70. The minimum absolute atomic E-state index is 0.236. The first kappa shape index (κ1) is 15.7. The number of amides is 1. The van der Waals surface area contributed by atoms with Crippen LogP contribution in [0.5, 0.6) is 11.5 Å². The number of morpholine rings is 1. The minimum Gasteiger partial charge on any atom is -0.454 e. The van der Waals surface area contributed by atoms with Gasteiger partial charge < -0.3 is 19.1 Å². The highest BCUT2D eigenvalue weighted by atomic mass is 16.7. The van der Waals surface area contributed by atoms with Crippen molar-refractivity contribution in [2.24, 2.45) is 0 Å². The number of benzene rings is 1. The fourth-order valence-corrected chi connectivity index (χ4v) is 3.70. The quantitative estimate of drug-likeness (QED) is 0.839. The lowest BCUT2D eigenvalue weighted by Gasteiger charge is -2.34. The third-order valence-electron chi connectivity index (χ3n) is 5.18. The van der Waals surface area contributed by atoms with Gasteiger partial charge in [-0.1, -0.05) is 6.07 Å². The summed E-state index contributed by atoms with van der Waals surface area (Å²) in [7, 11) is 0. The molecule has 0 atom stereocenters. The third-order valence-corrected chi connectivity index (χ3v) is 5.18. The molecule has 0 aliphatic carbocycles. The standard InChI is InChI=1S/C18H24N2O4/c21-18(20-7-9-22-10-8-20)12-19-5-3-14(4-6-19)15-1-2-16-17(11-15)24-13-23-16/h1-2,11,14H,3-10,12-13H2. The zero-order chi connectivity index (χ0) is 16.4. The molecule has 0 spiro atoms. The minimum atomic E-state index is 0.236. The Kier molecular flexibility index (Phi) is 4.58. The predicted molar refractivity (Wildman–Crippen MR) is 88.4 cm³/mol. The van der Waals surface area contributed by atoms with Gasteiger partial charge in [-0.2, -0.15) is 0 Å². The molecule has 130 valence electrons. The van der Waals surface area contributed by atoms with Crippen molar-refractivity contribution in [1.82, 2.24) is 9.80 Å². The molecule has 6 heteroatoms. The lowest BCUT2D eigenvalue weighted by Crippen LogP contribution is -2.47. The molecule has 3 aliphatic rings. The molecule has 3 heterocycles. The molecule has 0 N–H and O–H groups in total. The Hall–Kier alpha value is -1.79. The Morgan fingerprint density at radius 2 is 1.79 bits per heavy atom. The Bertz CT molecular complexity index is 593. The van der Waals surface area contributed by atoms with Gasteiger partial charge in [-0.05, 0) is 49.5 Å². The van der Waals surface area contributed by atoms with Crippen LogP contribution in [0, 0.1) is 0 Å². The number of hydrogen-bond acceptors (Lipinski definition) is 5. The first-order chi connectivity index (χ1) is 11.8. The second-order valence-electron chi connectivity index (χ2n) is 6.66. The summed E-state index contributed by atoms with van der Waals surface area (Å²) in [6.45, 7) is 5.58. The Balaban J connectivity index is 1.29. The van der Waals surface area contributed by atoms with Gasteiger partial charge >= 0.3 is 0 Å². The van der Waals surface area contributed by atoms with Crippen molar-refractivity contribution < 1.29 is 19.0 Å². The van der Waals surface area contributed by atoms with Gasteiger partial charge in [-0.15, -0.1) is 0 Å². The summed E-state index contributed by atoms with van der Waals surface area (Å²) >= 11 is 0. The van der Waals surface area contributed by atoms with Gasteiger partial charge in [0, 0.05) is 13.1 Å². The molecule has 1 amide bonds. The summed E-state index contributed by atoms with van der Waals surface area (Å²) in [5.41, 5.74) is 1.32. The van der Waals surface area contributed by atoms with E-state index in [4.69, 9.17) is 14.2 Å². The number of fused-ring (bicyclic) bond motifs is 1. The summed E-state index contributed by atoms with van der Waals surface area (Å²) in [5, 5.41) is 0. The lowest BCUT2D eigenvalue weighted by atomic mass is 9.89. The van der Waals surface area contributed by atoms with Crippen LogP contribution in [-0.4, -0.2) is 68.4 Å². The molecule has 2 saturated heterocycles. The van der Waals surface area contributed by atoms with Crippen LogP contribution in [0.1, 0.15) is 24.3 Å². The molecule has 0 radical (unpaired) electrons. The van der Waals surface area contributed by atoms with Crippen molar-refractivity contribution >= 4 is 5.91 Å². The Morgan fingerprint density at radius 3 is 2.58 bits per heavy atom. The number of piperidine rings is 1. The second-order valence-corrected chi connectivity index (χ2v) is 6.66. The summed E-state index contributed by atoms with van der Waals surface area (Å²) in [6.07, 6.45) is 2.16. The van der Waals surface area contributed by atoms with Gasteiger partial charge in [-0.25, -0.2) is 0 Å². The molecular formula is C18H24N2O4. The van der Waals surface area contributed by atoms with Crippen LogP contribution in [0.15, 0.2) is 18.2 Å². The molecule has 2 fully saturated rings. The zero-order valence-electron chi connectivity index (χ0n) is 13.9. The maximum absolute atomic E-state index is 12.3. The molecule has 3 aliphatic heterocycles. The highest BCUT2D eigenvalue weighted by Gasteiger charge is 2.25. The highest BCUT2D eigenvalue weighted by Crippen LogP contribution is 2.37. The predicted octanol–water partition coefficient (Wildman–Crippen LogP) is 1.45. The van der Waals surface area contributed by atoms with Gasteiger partial charge in [0.1, 0.15) is 0 Å². The number of carbonyl (C=O) groups is 1. The smallest absolute Gasteiger partial charge is 0.236 e. The van der Waals surface area contributed by atoms with Gasteiger partial charge in [-0.3, -0.25) is 9.69 Å². The lowest BCUT2D eigenvalue weighted by molar-refractivity contribution is -0.136. The summed E-state index contributed by atoms with van der Waals surface area (Å²) < 4.78 is 16.2. The van der Waals surface area contributed by atoms with E-state index >= 15 is 0 Å². The van der Waals surface area contributed by atoms with E-state index in [0.29, 0.717) is 32.5 Å². The first-order valence-corrected chi connectivity index (χ1v) is 8.77. The van der Waals surface area contributed by atoms with Crippen LogP contribution in [0.4, 0.5) is 0 Å². The van der Waals surface area contributed by atoms with Crippen molar-refractivity contribution in [2.75, 3.05) is 52.7 Å². The molecule has 0 bridgehead atoms. The Morgan fingerprint density at radius 1 is 1.04 bits per heavy atom. The molecule has 24 heavy (non-hydrogen) atoms. The van der Waals surface area contributed by atoms with Crippen LogP contribution in [0.25, 0.3) is 0 Å². The monoisotopic (exact) mass is 332 g/mol. The highest BCUT2D eigenvalue weighted by molar-refractivity contribution is 5.78. The van der Waals surface area contributed by atoms with Crippen molar-refractivity contribution in [1.29, 1.82) is 0 Å². The van der Waals surface area contributed by atoms with Gasteiger partial charge in [0.25, 0.3) is 0 Å². The first-order valence-electron chi connectivity index (χ1n) is 8.77. The van der Waals surface area contributed by atoms with Crippen molar-refractivity contribution in [2.45, 2.75) is 18.8 Å². The SMILES string of the molecule is O=C(CN1CCC(c2ccc3c(c2)OCO3)CC1)N1CCOCC1. The van der Waals surface area contributed by atoms with E-state index in [2.05, 4.69) is 17.0 Å². The van der Waals surface area contributed by atoms with Crippen LogP contribution < -0.4 is 9.47 Å². The van der Waals surface area contributed by atoms with Crippen LogP contribution in [0.3, 0.4) is 0 Å². The summed E-state index contributed by atoms with van der Waals surface area (Å²) in [5.74, 6) is 2.47. The molecular weight excluding hydrogens is 308 g/mol. The number of carbonyl (C=O) groups excluding carboxylic acids is 1. The fraction of sp³-hybridized carbons (Fsp3) is 0.611. The normalized spacial score (nSPS) is 21.9. The molecule has 1 aromatic carbocycles. The van der Waals surface area contributed by atoms with Crippen molar-refractivity contribution in [3.8, 4) is 11.5 Å². The number of ether oxygens (including phenoxy) is 3. The van der Waals surface area contributed by atoms with Crippen LogP contribution in [-0.2, 0) is 9.53 Å². The molecule has 1 aromatic rings. The van der Waals surface area contributed by atoms with E-state index in [-0.39, 0.29) is 5.91 Å². The molecule has 4 rings (SSSR count). The molecule has 6 nitrogen and oxygen atoms in total. The number of hydrogen-bond donors (Lipinski definition) is 0. The van der Waals surface area contributed by atoms with Gasteiger partial charge in [0.15, 0.2) is 11.5 Å². The van der Waals surface area contributed by atoms with Crippen molar-refractivity contribution in [3.63, 3.8) is 0 Å². The van der Waals surface area contributed by atoms with Crippen LogP contribution in [0.2, 0.25) is 0 Å². The zero-order valence-corrected chi connectivity index (χ0v) is 13.9. The maximum atomic E-state index is 12.3. The van der Waals surface area contributed by atoms with Gasteiger partial charge in [0.05, 0.1) is 19.8 Å². The number of rotatable bonds is 3. The van der Waals surface area contributed by atoms with E-state index in [1.54, 1.807) is 0 Å². The number of likely N-dealkylation sites (tertiary alicyclic amines) is 1. The molecule has 0 aromatic heterocycles. The molecule has 0 saturated carbocycles. The number of nitrogens with zero attached hydrogens (tertiary/aromatic N) is 2. The Labute approximate surface area is 142 Å². The van der Waals surface area contributed by atoms with E-state index in [1.807, 2.05) is 11.0 Å². The third kappa shape index (κ3) is 3.35. The summed E-state index contributed by atoms with van der Waals surface area (Å²) in [6, 6.07) is 6.26. The van der Waals surface area contributed by atoms with Crippen LogP contribution >= 0.6 is 0 Å². The van der Waals surface area contributed by atoms with Gasteiger partial charge in [0.2, 0.25) is 12.7 Å². The summed E-state index contributed by atoms with van der Waals surface area (Å²) in [4.78, 5) is 16.5. The topological polar surface area (TPSA) is 51.2 Å². The van der Waals surface area contributed by atoms with E-state index in [1.165, 1.54) is 5.56 Å². The van der Waals surface area contributed by atoms with E-state index in [9.17, 15) is 4.79 Å².